The molecule has 0 aliphatic rings. The molecule has 1 aromatic rings. The van der Waals surface area contributed by atoms with Crippen LogP contribution in [-0.4, -0.2) is 37.5 Å². The number of nitrogens with zero attached hydrogens (tertiary/aromatic N) is 1. The number of likely N-dealkylation sites (N-methyl/N-ethyl adjacent to an activating group) is 1. The van der Waals surface area contributed by atoms with E-state index in [-0.39, 0.29) is 6.04 Å². The second-order valence-corrected chi connectivity index (χ2v) is 8.34. The molecule has 0 amide bonds. The molecule has 0 bridgehead atoms. The van der Waals surface area contributed by atoms with Gasteiger partial charge in [-0.25, -0.2) is 13.4 Å². The topological polar surface area (TPSA) is 59.1 Å². The lowest BCUT2D eigenvalue weighted by atomic mass is 10.0. The van der Waals surface area contributed by atoms with E-state index in [2.05, 4.69) is 10.3 Å². The van der Waals surface area contributed by atoms with Crippen LogP contribution in [-0.2, 0) is 16.3 Å². The molecule has 0 fully saturated rings. The predicted molar refractivity (Wildman–Crippen MR) is 72.3 cm³/mol. The number of thiazole rings is 1. The summed E-state index contributed by atoms with van der Waals surface area (Å²) < 4.78 is 22.8. The second kappa shape index (κ2) is 5.04. The Morgan fingerprint density at radius 3 is 2.47 bits per heavy atom. The minimum Gasteiger partial charge on any atom is -0.315 e. The smallest absolute Gasteiger partial charge is 0.154 e. The summed E-state index contributed by atoms with van der Waals surface area (Å²) in [6.07, 6.45) is 1.92. The van der Waals surface area contributed by atoms with Gasteiger partial charge in [-0.1, -0.05) is 0 Å². The van der Waals surface area contributed by atoms with E-state index in [0.717, 1.165) is 10.7 Å². The molecule has 0 aromatic carbocycles. The molecular weight excluding hydrogens is 256 g/mol. The lowest BCUT2D eigenvalue weighted by Crippen LogP contribution is -2.51. The molecule has 1 heterocycles. The summed E-state index contributed by atoms with van der Waals surface area (Å²) in [6, 6.07) is -0.136. The molecule has 1 unspecified atom stereocenters. The Morgan fingerprint density at radius 2 is 2.12 bits per heavy atom. The molecule has 0 aliphatic carbocycles. The molecule has 0 spiro atoms. The van der Waals surface area contributed by atoms with Crippen molar-refractivity contribution in [1.82, 2.24) is 10.3 Å². The average Bonchev–Trinajstić information content (AvgIpc) is 2.58. The van der Waals surface area contributed by atoms with E-state index in [1.807, 2.05) is 12.3 Å². The van der Waals surface area contributed by atoms with Crippen LogP contribution in [0.5, 0.6) is 0 Å². The highest BCUT2D eigenvalue weighted by Crippen LogP contribution is 2.24. The van der Waals surface area contributed by atoms with Crippen molar-refractivity contribution in [2.45, 2.75) is 38.0 Å². The van der Waals surface area contributed by atoms with Crippen molar-refractivity contribution in [2.24, 2.45) is 0 Å². The van der Waals surface area contributed by atoms with Crippen molar-refractivity contribution in [2.75, 3.05) is 13.3 Å². The van der Waals surface area contributed by atoms with E-state index in [1.165, 1.54) is 6.26 Å². The van der Waals surface area contributed by atoms with Gasteiger partial charge in [-0.2, -0.15) is 0 Å². The zero-order valence-corrected chi connectivity index (χ0v) is 12.6. The van der Waals surface area contributed by atoms with Crippen LogP contribution in [0.1, 0.15) is 24.5 Å². The van der Waals surface area contributed by atoms with Crippen LogP contribution in [0.15, 0.2) is 5.38 Å². The summed E-state index contributed by atoms with van der Waals surface area (Å²) in [6.45, 7) is 5.45. The third-order valence-corrected chi connectivity index (χ3v) is 6.37. The number of hydrogen-bond acceptors (Lipinski definition) is 5. The van der Waals surface area contributed by atoms with Crippen LogP contribution in [0.3, 0.4) is 0 Å². The molecule has 1 aromatic heterocycles. The normalized spacial score (nSPS) is 14.9. The van der Waals surface area contributed by atoms with Crippen molar-refractivity contribution in [3.05, 3.63) is 16.1 Å². The zero-order valence-electron chi connectivity index (χ0n) is 10.9. The summed E-state index contributed by atoms with van der Waals surface area (Å²) in [5.74, 6) is 0. The third kappa shape index (κ3) is 3.26. The van der Waals surface area contributed by atoms with E-state index < -0.39 is 14.6 Å². The van der Waals surface area contributed by atoms with Gasteiger partial charge in [-0.3, -0.25) is 0 Å². The lowest BCUT2D eigenvalue weighted by Gasteiger charge is -2.31. The van der Waals surface area contributed by atoms with Gasteiger partial charge in [-0.05, 0) is 27.8 Å². The van der Waals surface area contributed by atoms with Crippen LogP contribution in [0.2, 0.25) is 0 Å². The highest BCUT2D eigenvalue weighted by Gasteiger charge is 2.38. The van der Waals surface area contributed by atoms with Gasteiger partial charge >= 0.3 is 0 Å². The van der Waals surface area contributed by atoms with Crippen molar-refractivity contribution in [3.63, 3.8) is 0 Å². The van der Waals surface area contributed by atoms with Crippen molar-refractivity contribution < 1.29 is 8.42 Å². The Kier molecular flexibility index (Phi) is 4.33. The van der Waals surface area contributed by atoms with E-state index >= 15 is 0 Å². The van der Waals surface area contributed by atoms with Gasteiger partial charge in [0.15, 0.2) is 9.84 Å². The molecule has 0 radical (unpaired) electrons. The number of hydrogen-bond donors (Lipinski definition) is 1. The summed E-state index contributed by atoms with van der Waals surface area (Å²) >= 11 is 1.57. The summed E-state index contributed by atoms with van der Waals surface area (Å²) in [4.78, 5) is 4.38. The van der Waals surface area contributed by atoms with Crippen LogP contribution < -0.4 is 5.32 Å². The van der Waals surface area contributed by atoms with Gasteiger partial charge in [0.25, 0.3) is 0 Å². The number of aryl methyl sites for hydroxylation is 1. The van der Waals surface area contributed by atoms with Crippen LogP contribution >= 0.6 is 11.3 Å². The maximum Gasteiger partial charge on any atom is 0.154 e. The number of rotatable bonds is 5. The second-order valence-electron chi connectivity index (χ2n) is 4.80. The minimum absolute atomic E-state index is 0.136. The molecule has 1 rings (SSSR count). The van der Waals surface area contributed by atoms with Crippen LogP contribution in [0, 0.1) is 6.92 Å². The Bertz CT molecular complexity index is 477. The fraction of sp³-hybridized carbons (Fsp3) is 0.727. The summed E-state index contributed by atoms with van der Waals surface area (Å²) in [5, 5.41) is 6.05. The molecule has 1 N–H and O–H groups in total. The first-order valence-electron chi connectivity index (χ1n) is 5.46. The predicted octanol–water partition coefficient (Wildman–Crippen LogP) is 1.41. The van der Waals surface area contributed by atoms with Gasteiger partial charge in [0.2, 0.25) is 0 Å². The average molecular weight is 276 g/mol. The number of aromatic nitrogens is 1. The van der Waals surface area contributed by atoms with Crippen molar-refractivity contribution in [3.8, 4) is 0 Å². The van der Waals surface area contributed by atoms with E-state index in [1.54, 1.807) is 32.2 Å². The molecule has 17 heavy (non-hydrogen) atoms. The van der Waals surface area contributed by atoms with Gasteiger partial charge < -0.3 is 5.32 Å². The standard InChI is InChI=1S/C11H20N2O2S2/c1-8-7-16-10(13-8)6-9(12-4)11(2,3)17(5,14)15/h7,9,12H,6H2,1-5H3. The fourth-order valence-electron chi connectivity index (χ4n) is 1.62. The summed E-state index contributed by atoms with van der Waals surface area (Å²) in [7, 11) is -1.32. The lowest BCUT2D eigenvalue weighted by molar-refractivity contribution is 0.430. The van der Waals surface area contributed by atoms with Gasteiger partial charge in [0, 0.05) is 29.8 Å². The number of nitrogens with one attached hydrogen (secondary N) is 1. The Hall–Kier alpha value is -0.460. The Balaban J connectivity index is 2.93. The van der Waals surface area contributed by atoms with Gasteiger partial charge in [0.05, 0.1) is 9.75 Å². The first-order valence-corrected chi connectivity index (χ1v) is 8.23. The molecule has 6 heteroatoms. The Morgan fingerprint density at radius 1 is 1.53 bits per heavy atom. The van der Waals surface area contributed by atoms with Gasteiger partial charge in [0.1, 0.15) is 0 Å². The van der Waals surface area contributed by atoms with E-state index in [0.29, 0.717) is 6.42 Å². The molecule has 1 atom stereocenters. The minimum atomic E-state index is -3.11. The third-order valence-electron chi connectivity index (χ3n) is 3.19. The molecule has 98 valence electrons. The highest BCUT2D eigenvalue weighted by atomic mass is 32.2. The molecule has 0 saturated carbocycles. The Labute approximate surface area is 107 Å². The zero-order chi connectivity index (χ0) is 13.3. The van der Waals surface area contributed by atoms with Gasteiger partial charge in [-0.15, -0.1) is 11.3 Å². The molecule has 4 nitrogen and oxygen atoms in total. The van der Waals surface area contributed by atoms with Crippen molar-refractivity contribution >= 4 is 21.2 Å². The molecule has 0 saturated heterocycles. The molecular formula is C11H20N2O2S2. The highest BCUT2D eigenvalue weighted by molar-refractivity contribution is 7.92. The molecule has 0 aliphatic heterocycles. The first-order chi connectivity index (χ1) is 7.68. The number of sulfone groups is 1. The van der Waals surface area contributed by atoms with Crippen LogP contribution in [0.4, 0.5) is 0 Å². The SMILES string of the molecule is CNC(Cc1nc(C)cs1)C(C)(C)S(C)(=O)=O. The van der Waals surface area contributed by atoms with E-state index in [4.69, 9.17) is 0 Å². The van der Waals surface area contributed by atoms with E-state index in [9.17, 15) is 8.42 Å². The fourth-order valence-corrected chi connectivity index (χ4v) is 3.16. The van der Waals surface area contributed by atoms with Crippen LogP contribution in [0.25, 0.3) is 0 Å². The largest absolute Gasteiger partial charge is 0.315 e. The maximum atomic E-state index is 11.8. The monoisotopic (exact) mass is 276 g/mol. The van der Waals surface area contributed by atoms with Crippen molar-refractivity contribution in [1.29, 1.82) is 0 Å². The first kappa shape index (κ1) is 14.6. The quantitative estimate of drug-likeness (QED) is 0.883. The maximum absolute atomic E-state index is 11.8. The summed E-state index contributed by atoms with van der Waals surface area (Å²) in [5.41, 5.74) is 0.983.